The minimum absolute atomic E-state index is 0.0871. The van der Waals surface area contributed by atoms with E-state index in [2.05, 4.69) is 15.3 Å². The van der Waals surface area contributed by atoms with Crippen molar-refractivity contribution in [3.63, 3.8) is 0 Å². The Bertz CT molecular complexity index is 411. The number of likely N-dealkylation sites (tertiary alicyclic amines) is 1. The molecule has 1 saturated heterocycles. The van der Waals surface area contributed by atoms with Crippen molar-refractivity contribution in [3.05, 3.63) is 17.7 Å². The van der Waals surface area contributed by atoms with Crippen LogP contribution < -0.4 is 5.32 Å². The fourth-order valence-corrected chi connectivity index (χ4v) is 2.35. The summed E-state index contributed by atoms with van der Waals surface area (Å²) >= 11 is 0. The average Bonchev–Trinajstić information content (AvgIpc) is 2.83. The molecule has 0 aliphatic carbocycles. The van der Waals surface area contributed by atoms with E-state index in [0.29, 0.717) is 6.04 Å². The number of hydrogen-bond acceptors (Lipinski definition) is 4. The lowest BCUT2D eigenvalue weighted by molar-refractivity contribution is -0.136. The minimum atomic E-state index is 0.0871. The molecule has 2 N–H and O–H groups in total. The molecule has 106 valence electrons. The number of piperidine rings is 1. The fraction of sp³-hybridized carbons (Fsp3) is 0.692. The highest BCUT2D eigenvalue weighted by Crippen LogP contribution is 2.11. The zero-order valence-electron chi connectivity index (χ0n) is 11.6. The Morgan fingerprint density at radius 3 is 2.89 bits per heavy atom. The van der Waals surface area contributed by atoms with E-state index in [-0.39, 0.29) is 12.5 Å². The molecule has 0 unspecified atom stereocenters. The number of ether oxygens (including phenoxy) is 1. The Kier molecular flexibility index (Phi) is 4.93. The van der Waals surface area contributed by atoms with Gasteiger partial charge in [-0.05, 0) is 19.8 Å². The van der Waals surface area contributed by atoms with Crippen molar-refractivity contribution >= 4 is 5.91 Å². The number of aromatic amines is 1. The summed E-state index contributed by atoms with van der Waals surface area (Å²) in [6.07, 6.45) is 3.69. The van der Waals surface area contributed by atoms with Crippen LogP contribution in [-0.2, 0) is 16.1 Å². The van der Waals surface area contributed by atoms with E-state index < -0.39 is 0 Å². The molecule has 1 fully saturated rings. The second-order valence-electron chi connectivity index (χ2n) is 4.94. The molecule has 1 aromatic rings. The van der Waals surface area contributed by atoms with Gasteiger partial charge in [0.2, 0.25) is 5.91 Å². The van der Waals surface area contributed by atoms with Crippen LogP contribution in [-0.4, -0.2) is 53.6 Å². The molecule has 1 aliphatic rings. The zero-order valence-corrected chi connectivity index (χ0v) is 11.6. The topological polar surface area (TPSA) is 70.2 Å². The Morgan fingerprint density at radius 1 is 1.58 bits per heavy atom. The molecular formula is C13H22N4O2. The van der Waals surface area contributed by atoms with Crippen LogP contribution in [0.3, 0.4) is 0 Å². The average molecular weight is 266 g/mol. The van der Waals surface area contributed by atoms with Crippen molar-refractivity contribution in [2.24, 2.45) is 0 Å². The van der Waals surface area contributed by atoms with E-state index in [9.17, 15) is 4.79 Å². The quantitative estimate of drug-likeness (QED) is 0.811. The molecule has 0 aromatic carbocycles. The van der Waals surface area contributed by atoms with Crippen LogP contribution in [0.25, 0.3) is 0 Å². The maximum absolute atomic E-state index is 11.7. The van der Waals surface area contributed by atoms with Crippen LogP contribution >= 0.6 is 0 Å². The number of aryl methyl sites for hydroxylation is 1. The lowest BCUT2D eigenvalue weighted by Crippen LogP contribution is -2.45. The monoisotopic (exact) mass is 266 g/mol. The Balaban J connectivity index is 1.72. The van der Waals surface area contributed by atoms with Crippen LogP contribution in [0.5, 0.6) is 0 Å². The largest absolute Gasteiger partial charge is 0.375 e. The van der Waals surface area contributed by atoms with Gasteiger partial charge in [0.15, 0.2) is 0 Å². The standard InChI is InChI=1S/C13H22N4O2/c1-10-12(16-9-15-10)7-14-11-3-5-17(6-4-11)13(18)8-19-2/h9,11,14H,3-8H2,1-2H3,(H,15,16). The second kappa shape index (κ2) is 6.68. The number of imidazole rings is 1. The van der Waals surface area contributed by atoms with Gasteiger partial charge in [-0.1, -0.05) is 0 Å². The summed E-state index contributed by atoms with van der Waals surface area (Å²) in [7, 11) is 1.55. The number of nitrogens with zero attached hydrogens (tertiary/aromatic N) is 2. The van der Waals surface area contributed by atoms with Crippen LogP contribution in [0.1, 0.15) is 24.2 Å². The lowest BCUT2D eigenvalue weighted by Gasteiger charge is -2.32. The number of H-pyrrole nitrogens is 1. The summed E-state index contributed by atoms with van der Waals surface area (Å²) < 4.78 is 4.87. The van der Waals surface area contributed by atoms with E-state index in [1.807, 2.05) is 11.8 Å². The number of carbonyl (C=O) groups excluding carboxylic acids is 1. The normalized spacial score (nSPS) is 16.8. The van der Waals surface area contributed by atoms with Crippen LogP contribution in [0, 0.1) is 6.92 Å². The molecule has 0 saturated carbocycles. The van der Waals surface area contributed by atoms with E-state index >= 15 is 0 Å². The summed E-state index contributed by atoms with van der Waals surface area (Å²) in [5.41, 5.74) is 2.18. The highest BCUT2D eigenvalue weighted by atomic mass is 16.5. The first-order chi connectivity index (χ1) is 9.20. The molecule has 0 radical (unpaired) electrons. The predicted molar refractivity (Wildman–Crippen MR) is 71.6 cm³/mol. The Morgan fingerprint density at radius 2 is 2.32 bits per heavy atom. The molecular weight excluding hydrogens is 244 g/mol. The maximum atomic E-state index is 11.7. The highest BCUT2D eigenvalue weighted by molar-refractivity contribution is 5.77. The predicted octanol–water partition coefficient (Wildman–Crippen LogP) is 0.445. The number of methoxy groups -OCH3 is 1. The number of amides is 1. The molecule has 19 heavy (non-hydrogen) atoms. The summed E-state index contributed by atoms with van der Waals surface area (Å²) in [4.78, 5) is 20.9. The lowest BCUT2D eigenvalue weighted by atomic mass is 10.0. The number of carbonyl (C=O) groups is 1. The Labute approximate surface area is 113 Å². The van der Waals surface area contributed by atoms with E-state index in [4.69, 9.17) is 4.74 Å². The van der Waals surface area contributed by atoms with Gasteiger partial charge < -0.3 is 19.9 Å². The van der Waals surface area contributed by atoms with Gasteiger partial charge in [0.1, 0.15) is 6.61 Å². The van der Waals surface area contributed by atoms with Crippen LogP contribution in [0.2, 0.25) is 0 Å². The van der Waals surface area contributed by atoms with Gasteiger partial charge in [0.25, 0.3) is 0 Å². The van der Waals surface area contributed by atoms with Crippen molar-refractivity contribution in [2.45, 2.75) is 32.4 Å². The number of aromatic nitrogens is 2. The Hall–Kier alpha value is -1.40. The molecule has 6 heteroatoms. The molecule has 2 heterocycles. The zero-order chi connectivity index (χ0) is 13.7. The number of hydrogen-bond donors (Lipinski definition) is 2. The smallest absolute Gasteiger partial charge is 0.248 e. The van der Waals surface area contributed by atoms with Crippen molar-refractivity contribution in [1.29, 1.82) is 0 Å². The fourth-order valence-electron chi connectivity index (χ4n) is 2.35. The number of rotatable bonds is 5. The third-order valence-corrected chi connectivity index (χ3v) is 3.61. The van der Waals surface area contributed by atoms with Gasteiger partial charge in [-0.3, -0.25) is 4.79 Å². The molecule has 0 atom stereocenters. The van der Waals surface area contributed by atoms with Gasteiger partial charge in [0, 0.05) is 38.5 Å². The summed E-state index contributed by atoms with van der Waals surface area (Å²) in [5.74, 6) is 0.0871. The van der Waals surface area contributed by atoms with E-state index in [1.54, 1.807) is 13.4 Å². The van der Waals surface area contributed by atoms with Gasteiger partial charge in [-0.15, -0.1) is 0 Å². The van der Waals surface area contributed by atoms with Crippen molar-refractivity contribution in [1.82, 2.24) is 20.2 Å². The van der Waals surface area contributed by atoms with Gasteiger partial charge >= 0.3 is 0 Å². The van der Waals surface area contributed by atoms with Gasteiger partial charge in [0.05, 0.1) is 12.0 Å². The molecule has 1 aromatic heterocycles. The maximum Gasteiger partial charge on any atom is 0.248 e. The SMILES string of the molecule is COCC(=O)N1CCC(NCc2nc[nH]c2C)CC1. The molecule has 1 amide bonds. The van der Waals surface area contributed by atoms with Crippen LogP contribution in [0.15, 0.2) is 6.33 Å². The van der Waals surface area contributed by atoms with Crippen molar-refractivity contribution in [2.75, 3.05) is 26.8 Å². The molecule has 0 spiro atoms. The first kappa shape index (κ1) is 14.0. The molecule has 6 nitrogen and oxygen atoms in total. The van der Waals surface area contributed by atoms with Crippen molar-refractivity contribution in [3.8, 4) is 0 Å². The first-order valence-corrected chi connectivity index (χ1v) is 6.69. The summed E-state index contributed by atoms with van der Waals surface area (Å²) in [5, 5.41) is 3.50. The van der Waals surface area contributed by atoms with Gasteiger partial charge in [-0.25, -0.2) is 4.98 Å². The third kappa shape index (κ3) is 3.78. The van der Waals surface area contributed by atoms with Crippen molar-refractivity contribution < 1.29 is 9.53 Å². The highest BCUT2D eigenvalue weighted by Gasteiger charge is 2.22. The number of nitrogens with one attached hydrogen (secondary N) is 2. The molecule has 1 aliphatic heterocycles. The van der Waals surface area contributed by atoms with E-state index in [1.165, 1.54) is 0 Å². The molecule has 2 rings (SSSR count). The summed E-state index contributed by atoms with van der Waals surface area (Å²) in [6, 6.07) is 0.461. The molecule has 0 bridgehead atoms. The first-order valence-electron chi connectivity index (χ1n) is 6.69. The van der Waals surface area contributed by atoms with Gasteiger partial charge in [-0.2, -0.15) is 0 Å². The van der Waals surface area contributed by atoms with E-state index in [0.717, 1.165) is 43.9 Å². The summed E-state index contributed by atoms with van der Waals surface area (Å²) in [6.45, 7) is 4.60. The minimum Gasteiger partial charge on any atom is -0.375 e. The second-order valence-corrected chi connectivity index (χ2v) is 4.94. The third-order valence-electron chi connectivity index (χ3n) is 3.61. The van der Waals surface area contributed by atoms with Crippen LogP contribution in [0.4, 0.5) is 0 Å².